The molecule has 1 aromatic rings. The lowest BCUT2D eigenvalue weighted by molar-refractivity contribution is -0.138. The molecule has 0 spiro atoms. The van der Waals surface area contributed by atoms with Crippen LogP contribution in [0.5, 0.6) is 0 Å². The third-order valence-electron chi connectivity index (χ3n) is 3.33. The number of H-pyrrole nitrogens is 1. The van der Waals surface area contributed by atoms with Gasteiger partial charge >= 0.3 is 5.97 Å². The predicted molar refractivity (Wildman–Crippen MR) is 73.5 cm³/mol. The molecular formula is C13H20N4O3. The number of nitrogens with one attached hydrogen (secondary N) is 2. The number of aliphatic carboxylic acids is 1. The zero-order chi connectivity index (χ0) is 14.7. The van der Waals surface area contributed by atoms with Gasteiger partial charge in [-0.2, -0.15) is 5.10 Å². The van der Waals surface area contributed by atoms with Crippen molar-refractivity contribution in [1.82, 2.24) is 15.1 Å². The van der Waals surface area contributed by atoms with Gasteiger partial charge in [0.05, 0.1) is 30.2 Å². The van der Waals surface area contributed by atoms with E-state index < -0.39 is 5.97 Å². The highest BCUT2D eigenvalue weighted by Gasteiger charge is 2.26. The first kappa shape index (κ1) is 14.5. The summed E-state index contributed by atoms with van der Waals surface area (Å²) in [4.78, 5) is 24.5. The quantitative estimate of drug-likeness (QED) is 0.685. The van der Waals surface area contributed by atoms with Gasteiger partial charge in [0.15, 0.2) is 0 Å². The fourth-order valence-corrected chi connectivity index (χ4v) is 2.16. The molecule has 1 aromatic heterocycles. The number of hydrogen-bond donors (Lipinski definition) is 3. The van der Waals surface area contributed by atoms with Gasteiger partial charge in [-0.1, -0.05) is 0 Å². The summed E-state index contributed by atoms with van der Waals surface area (Å²) in [5.74, 6) is -0.576. The molecule has 1 fully saturated rings. The minimum absolute atomic E-state index is 0.0901. The SMILES string of the molecule is Cc1n[nH]c(C)c1NC(=O)CN(CC(=O)O)CC1CC1. The molecule has 2 rings (SSSR count). The van der Waals surface area contributed by atoms with Crippen LogP contribution in [-0.2, 0) is 9.59 Å². The lowest BCUT2D eigenvalue weighted by Gasteiger charge is -2.19. The van der Waals surface area contributed by atoms with E-state index in [2.05, 4.69) is 15.5 Å². The second-order valence-electron chi connectivity index (χ2n) is 5.36. The Morgan fingerprint density at radius 2 is 2.10 bits per heavy atom. The Morgan fingerprint density at radius 1 is 1.40 bits per heavy atom. The molecule has 0 bridgehead atoms. The van der Waals surface area contributed by atoms with E-state index in [-0.39, 0.29) is 19.0 Å². The van der Waals surface area contributed by atoms with Crippen LogP contribution in [-0.4, -0.2) is 51.7 Å². The highest BCUT2D eigenvalue weighted by atomic mass is 16.4. The molecule has 20 heavy (non-hydrogen) atoms. The van der Waals surface area contributed by atoms with E-state index in [1.165, 1.54) is 0 Å². The lowest BCUT2D eigenvalue weighted by atomic mass is 10.3. The second-order valence-corrected chi connectivity index (χ2v) is 5.36. The minimum atomic E-state index is -0.908. The maximum Gasteiger partial charge on any atom is 0.317 e. The van der Waals surface area contributed by atoms with Crippen LogP contribution in [0.1, 0.15) is 24.2 Å². The molecule has 1 heterocycles. The number of anilines is 1. The number of carbonyl (C=O) groups is 2. The van der Waals surface area contributed by atoms with Crippen molar-refractivity contribution >= 4 is 17.6 Å². The zero-order valence-corrected chi connectivity index (χ0v) is 11.8. The van der Waals surface area contributed by atoms with E-state index >= 15 is 0 Å². The number of carboxylic acids is 1. The summed E-state index contributed by atoms with van der Waals surface area (Å²) in [6.45, 7) is 4.29. The summed E-state index contributed by atoms with van der Waals surface area (Å²) in [6, 6.07) is 0. The van der Waals surface area contributed by atoms with Crippen molar-refractivity contribution in [3.8, 4) is 0 Å². The van der Waals surface area contributed by atoms with Crippen LogP contribution in [0.25, 0.3) is 0 Å². The lowest BCUT2D eigenvalue weighted by Crippen LogP contribution is -2.38. The average Bonchev–Trinajstić information content (AvgIpc) is 3.10. The summed E-state index contributed by atoms with van der Waals surface area (Å²) in [5.41, 5.74) is 2.20. The van der Waals surface area contributed by atoms with Gasteiger partial charge in [0.25, 0.3) is 0 Å². The van der Waals surface area contributed by atoms with Gasteiger partial charge in [0.1, 0.15) is 0 Å². The highest BCUT2D eigenvalue weighted by Crippen LogP contribution is 2.29. The Hall–Kier alpha value is -1.89. The monoisotopic (exact) mass is 280 g/mol. The summed E-state index contributed by atoms with van der Waals surface area (Å²) < 4.78 is 0. The topological polar surface area (TPSA) is 98.3 Å². The Bertz CT molecular complexity index is 488. The number of carboxylic acid groups (broad SMARTS) is 1. The molecule has 0 saturated heterocycles. The zero-order valence-electron chi connectivity index (χ0n) is 11.8. The molecule has 110 valence electrons. The third-order valence-corrected chi connectivity index (χ3v) is 3.33. The molecule has 0 aromatic carbocycles. The van der Waals surface area contributed by atoms with Crippen LogP contribution >= 0.6 is 0 Å². The van der Waals surface area contributed by atoms with E-state index in [0.29, 0.717) is 18.2 Å². The van der Waals surface area contributed by atoms with Crippen molar-refractivity contribution in [3.63, 3.8) is 0 Å². The molecule has 7 nitrogen and oxygen atoms in total. The van der Waals surface area contributed by atoms with E-state index in [1.54, 1.807) is 11.8 Å². The van der Waals surface area contributed by atoms with Gasteiger partial charge in [-0.05, 0) is 32.6 Å². The van der Waals surface area contributed by atoms with Crippen LogP contribution in [0.4, 0.5) is 5.69 Å². The van der Waals surface area contributed by atoms with Gasteiger partial charge in [-0.3, -0.25) is 19.6 Å². The number of aryl methyl sites for hydroxylation is 2. The fraction of sp³-hybridized carbons (Fsp3) is 0.615. The maximum absolute atomic E-state index is 12.0. The molecule has 0 aliphatic heterocycles. The fourth-order valence-electron chi connectivity index (χ4n) is 2.16. The molecule has 1 amide bonds. The largest absolute Gasteiger partial charge is 0.480 e. The summed E-state index contributed by atoms with van der Waals surface area (Å²) >= 11 is 0. The molecule has 1 aliphatic carbocycles. The number of aromatic nitrogens is 2. The van der Waals surface area contributed by atoms with Crippen LogP contribution < -0.4 is 5.32 Å². The first-order chi connectivity index (χ1) is 9.45. The van der Waals surface area contributed by atoms with Crippen LogP contribution in [0.15, 0.2) is 0 Å². The van der Waals surface area contributed by atoms with Gasteiger partial charge in [0.2, 0.25) is 5.91 Å². The summed E-state index contributed by atoms with van der Waals surface area (Å²) in [5, 5.41) is 18.5. The number of nitrogens with zero attached hydrogens (tertiary/aromatic N) is 2. The molecule has 7 heteroatoms. The van der Waals surface area contributed by atoms with Crippen molar-refractivity contribution in [2.24, 2.45) is 5.92 Å². The Kier molecular flexibility index (Phi) is 4.39. The van der Waals surface area contributed by atoms with Gasteiger partial charge in [-0.15, -0.1) is 0 Å². The van der Waals surface area contributed by atoms with Gasteiger partial charge < -0.3 is 10.4 Å². The van der Waals surface area contributed by atoms with Crippen LogP contribution in [0.3, 0.4) is 0 Å². The summed E-state index contributed by atoms with van der Waals surface area (Å²) in [7, 11) is 0. The van der Waals surface area contributed by atoms with Crippen LogP contribution in [0, 0.1) is 19.8 Å². The smallest absolute Gasteiger partial charge is 0.317 e. The third kappa shape index (κ3) is 4.06. The first-order valence-electron chi connectivity index (χ1n) is 6.71. The predicted octanol–water partition coefficient (Wildman–Crippen LogP) is 0.762. The van der Waals surface area contributed by atoms with E-state index in [4.69, 9.17) is 5.11 Å². The van der Waals surface area contributed by atoms with Crippen molar-refractivity contribution in [2.45, 2.75) is 26.7 Å². The molecular weight excluding hydrogens is 260 g/mol. The van der Waals surface area contributed by atoms with Gasteiger partial charge in [0, 0.05) is 6.54 Å². The Balaban J connectivity index is 1.91. The average molecular weight is 280 g/mol. The van der Waals surface area contributed by atoms with E-state index in [0.717, 1.165) is 24.2 Å². The van der Waals surface area contributed by atoms with Crippen molar-refractivity contribution < 1.29 is 14.7 Å². The Morgan fingerprint density at radius 3 is 2.60 bits per heavy atom. The van der Waals surface area contributed by atoms with Crippen molar-refractivity contribution in [1.29, 1.82) is 0 Å². The normalized spacial score (nSPS) is 14.6. The highest BCUT2D eigenvalue weighted by molar-refractivity contribution is 5.93. The van der Waals surface area contributed by atoms with E-state index in [9.17, 15) is 9.59 Å². The molecule has 1 aliphatic rings. The first-order valence-corrected chi connectivity index (χ1v) is 6.71. The number of amides is 1. The number of rotatable bonds is 7. The second kappa shape index (κ2) is 6.04. The minimum Gasteiger partial charge on any atom is -0.480 e. The van der Waals surface area contributed by atoms with Crippen molar-refractivity contribution in [3.05, 3.63) is 11.4 Å². The molecule has 0 unspecified atom stereocenters. The van der Waals surface area contributed by atoms with Gasteiger partial charge in [-0.25, -0.2) is 0 Å². The number of hydrogen-bond acceptors (Lipinski definition) is 4. The molecule has 0 atom stereocenters. The number of carbonyl (C=O) groups excluding carboxylic acids is 1. The Labute approximate surface area is 117 Å². The standard InChI is InChI=1S/C13H20N4O3/c1-8-13(9(2)16-15-8)14-11(18)6-17(7-12(19)20)5-10-3-4-10/h10H,3-7H2,1-2H3,(H,14,18)(H,15,16)(H,19,20). The molecule has 1 saturated carbocycles. The van der Waals surface area contributed by atoms with E-state index in [1.807, 2.05) is 6.92 Å². The van der Waals surface area contributed by atoms with Crippen molar-refractivity contribution in [2.75, 3.05) is 25.0 Å². The molecule has 3 N–H and O–H groups in total. The number of aromatic amines is 1. The maximum atomic E-state index is 12.0. The van der Waals surface area contributed by atoms with Crippen LogP contribution in [0.2, 0.25) is 0 Å². The molecule has 0 radical (unpaired) electrons. The summed E-state index contributed by atoms with van der Waals surface area (Å²) in [6.07, 6.45) is 2.25.